The summed E-state index contributed by atoms with van der Waals surface area (Å²) in [5.41, 5.74) is 9.46. The van der Waals surface area contributed by atoms with E-state index in [9.17, 15) is 0 Å². The van der Waals surface area contributed by atoms with Gasteiger partial charge in [-0.1, -0.05) is 115 Å². The van der Waals surface area contributed by atoms with Crippen molar-refractivity contribution in [3.8, 4) is 20.9 Å². The zero-order chi connectivity index (χ0) is 30.6. The molecule has 0 atom stereocenters. The molecule has 230 valence electrons. The minimum atomic E-state index is 0.0634. The van der Waals surface area contributed by atoms with E-state index in [0.717, 1.165) is 0 Å². The average Bonchev–Trinajstić information content (AvgIpc) is 3.63. The summed E-state index contributed by atoms with van der Waals surface area (Å²) in [5.74, 6) is 0. The van der Waals surface area contributed by atoms with Crippen molar-refractivity contribution in [2.24, 2.45) is 0 Å². The van der Waals surface area contributed by atoms with Crippen molar-refractivity contribution in [2.45, 2.75) is 116 Å². The molecule has 0 fully saturated rings. The lowest BCUT2D eigenvalue weighted by molar-refractivity contribution is 0.408. The SMILES string of the molecule is CCCCC1(CCCC)c2cc(Br)sc2-c2c3cccc4c3c(c3cccc1c23)-c1sc(Br)cc1C4(CCCC)CCCC. The van der Waals surface area contributed by atoms with E-state index in [0.29, 0.717) is 0 Å². The Kier molecular flexibility index (Phi) is 8.70. The van der Waals surface area contributed by atoms with E-state index in [1.807, 2.05) is 22.7 Å². The maximum absolute atomic E-state index is 4.01. The summed E-state index contributed by atoms with van der Waals surface area (Å²) < 4.78 is 2.54. The fraction of sp³-hybridized carbons (Fsp3) is 0.450. The first-order chi connectivity index (χ1) is 21.5. The zero-order valence-corrected chi connectivity index (χ0v) is 31.5. The zero-order valence-electron chi connectivity index (χ0n) is 26.7. The van der Waals surface area contributed by atoms with E-state index in [1.165, 1.54) is 127 Å². The number of thiophene rings is 2. The predicted octanol–water partition coefficient (Wildman–Crippen LogP) is 14.9. The Bertz CT molecular complexity index is 1700. The number of rotatable bonds is 12. The highest BCUT2D eigenvalue weighted by atomic mass is 79.9. The van der Waals surface area contributed by atoms with Crippen LogP contribution in [0.3, 0.4) is 0 Å². The predicted molar refractivity (Wildman–Crippen MR) is 203 cm³/mol. The monoisotopic (exact) mass is 746 g/mol. The quantitative estimate of drug-likeness (QED) is 0.111. The van der Waals surface area contributed by atoms with Gasteiger partial charge in [0.15, 0.2) is 0 Å². The summed E-state index contributed by atoms with van der Waals surface area (Å²) in [5, 5.41) is 6.01. The molecule has 0 saturated carbocycles. The Morgan fingerprint density at radius 3 is 1.23 bits per heavy atom. The van der Waals surface area contributed by atoms with E-state index in [-0.39, 0.29) is 10.8 Å². The second-order valence-electron chi connectivity index (χ2n) is 13.4. The van der Waals surface area contributed by atoms with Crippen LogP contribution in [0.25, 0.3) is 42.4 Å². The molecule has 0 radical (unpaired) electrons. The van der Waals surface area contributed by atoms with Gasteiger partial charge in [-0.15, -0.1) is 22.7 Å². The molecular formula is C40H44Br2S2. The van der Waals surface area contributed by atoms with Crippen molar-refractivity contribution >= 4 is 76.1 Å². The maximum Gasteiger partial charge on any atom is 0.0708 e. The van der Waals surface area contributed by atoms with Crippen molar-refractivity contribution in [2.75, 3.05) is 0 Å². The molecule has 0 nitrogen and oxygen atoms in total. The van der Waals surface area contributed by atoms with Gasteiger partial charge >= 0.3 is 0 Å². The Labute approximate surface area is 288 Å². The van der Waals surface area contributed by atoms with Gasteiger partial charge in [0, 0.05) is 31.7 Å². The van der Waals surface area contributed by atoms with Gasteiger partial charge < -0.3 is 0 Å². The summed E-state index contributed by atoms with van der Waals surface area (Å²) in [6, 6.07) is 19.7. The lowest BCUT2D eigenvalue weighted by Crippen LogP contribution is -2.32. The third kappa shape index (κ3) is 4.51. The van der Waals surface area contributed by atoms with E-state index < -0.39 is 0 Å². The second-order valence-corrected chi connectivity index (χ2v) is 18.2. The first kappa shape index (κ1) is 31.2. The van der Waals surface area contributed by atoms with Gasteiger partial charge in [0.1, 0.15) is 0 Å². The van der Waals surface area contributed by atoms with E-state index in [2.05, 4.69) is 108 Å². The highest BCUT2D eigenvalue weighted by molar-refractivity contribution is 9.11. The molecule has 0 amide bonds. The van der Waals surface area contributed by atoms with Crippen LogP contribution in [0.2, 0.25) is 0 Å². The van der Waals surface area contributed by atoms with Crippen LogP contribution >= 0.6 is 54.5 Å². The lowest BCUT2D eigenvalue weighted by Gasteiger charge is -2.43. The fourth-order valence-electron chi connectivity index (χ4n) is 8.93. The molecule has 0 spiro atoms. The Morgan fingerprint density at radius 2 is 0.886 bits per heavy atom. The molecule has 3 aromatic carbocycles. The number of halogens is 2. The van der Waals surface area contributed by atoms with Crippen LogP contribution in [0.4, 0.5) is 0 Å². The molecule has 2 aliphatic rings. The van der Waals surface area contributed by atoms with Crippen molar-refractivity contribution in [3.63, 3.8) is 0 Å². The molecule has 5 aromatic rings. The van der Waals surface area contributed by atoms with E-state index in [4.69, 9.17) is 0 Å². The van der Waals surface area contributed by atoms with Gasteiger partial charge in [0.25, 0.3) is 0 Å². The minimum Gasteiger partial charge on any atom is -0.128 e. The van der Waals surface area contributed by atoms with E-state index >= 15 is 0 Å². The van der Waals surface area contributed by atoms with Crippen molar-refractivity contribution in [1.29, 1.82) is 0 Å². The smallest absolute Gasteiger partial charge is 0.0708 e. The molecule has 2 heterocycles. The Balaban J connectivity index is 1.67. The van der Waals surface area contributed by atoms with Gasteiger partial charge in [-0.25, -0.2) is 0 Å². The lowest BCUT2D eigenvalue weighted by atomic mass is 9.60. The van der Waals surface area contributed by atoms with Gasteiger partial charge in [-0.2, -0.15) is 0 Å². The molecule has 2 aromatic heterocycles. The van der Waals surface area contributed by atoms with Crippen LogP contribution in [-0.4, -0.2) is 0 Å². The van der Waals surface area contributed by atoms with Crippen LogP contribution in [-0.2, 0) is 10.8 Å². The molecule has 2 aliphatic carbocycles. The molecule has 0 saturated heterocycles. The van der Waals surface area contributed by atoms with Crippen molar-refractivity contribution in [1.82, 2.24) is 0 Å². The third-order valence-electron chi connectivity index (χ3n) is 10.9. The summed E-state index contributed by atoms with van der Waals surface area (Å²) in [6.07, 6.45) is 14.8. The van der Waals surface area contributed by atoms with Gasteiger partial charge in [0.05, 0.1) is 7.57 Å². The number of hydrogen-bond acceptors (Lipinski definition) is 2. The highest BCUT2D eigenvalue weighted by Gasteiger charge is 2.46. The number of unbranched alkanes of at least 4 members (excludes halogenated alkanes) is 4. The molecular weight excluding hydrogens is 704 g/mol. The topological polar surface area (TPSA) is 0 Å². The number of fused-ring (bicyclic) bond motifs is 6. The van der Waals surface area contributed by atoms with Crippen LogP contribution in [0.1, 0.15) is 127 Å². The van der Waals surface area contributed by atoms with Gasteiger partial charge in [-0.3, -0.25) is 0 Å². The highest BCUT2D eigenvalue weighted by Crippen LogP contribution is 2.64. The molecule has 0 aliphatic heterocycles. The van der Waals surface area contributed by atoms with E-state index in [1.54, 1.807) is 22.3 Å². The number of benzene rings is 3. The maximum atomic E-state index is 4.01. The standard InChI is InChI=1S/C40H44Br2S2/c1-5-9-19-39(20-10-6-2)27-17-13-15-25-33(27)35(37-29(39)23-31(41)43-37)26-16-14-18-28-34(26)36(25)38-30(24-32(42)44-38)40(28,21-11-7-3)22-12-8-4/h13-18,23-24H,5-12,19-22H2,1-4H3. The van der Waals surface area contributed by atoms with Gasteiger partial charge in [0.2, 0.25) is 0 Å². The van der Waals surface area contributed by atoms with Crippen LogP contribution in [0, 0.1) is 0 Å². The second kappa shape index (κ2) is 12.3. The summed E-state index contributed by atoms with van der Waals surface area (Å²) in [7, 11) is 0. The third-order valence-corrected chi connectivity index (χ3v) is 14.2. The van der Waals surface area contributed by atoms with Crippen molar-refractivity contribution in [3.05, 3.63) is 78.4 Å². The van der Waals surface area contributed by atoms with Crippen LogP contribution < -0.4 is 0 Å². The van der Waals surface area contributed by atoms with Gasteiger partial charge in [-0.05, 0) is 113 Å². The van der Waals surface area contributed by atoms with Crippen LogP contribution in [0.15, 0.2) is 56.1 Å². The summed E-state index contributed by atoms with van der Waals surface area (Å²) in [4.78, 5) is 3.03. The average molecular weight is 749 g/mol. The molecule has 4 heteroatoms. The first-order valence-electron chi connectivity index (χ1n) is 17.1. The summed E-state index contributed by atoms with van der Waals surface area (Å²) in [6.45, 7) is 9.42. The largest absolute Gasteiger partial charge is 0.128 e. The molecule has 7 rings (SSSR count). The van der Waals surface area contributed by atoms with Crippen molar-refractivity contribution < 1.29 is 0 Å². The first-order valence-corrected chi connectivity index (χ1v) is 20.3. The Hall–Kier alpha value is -1.46. The molecule has 0 N–H and O–H groups in total. The Morgan fingerprint density at radius 1 is 0.523 bits per heavy atom. The molecule has 0 bridgehead atoms. The molecule has 0 unspecified atom stereocenters. The minimum absolute atomic E-state index is 0.0634. The normalized spacial score (nSPS) is 15.6. The fourth-order valence-corrected chi connectivity index (χ4v) is 12.5. The molecule has 44 heavy (non-hydrogen) atoms. The number of hydrogen-bond donors (Lipinski definition) is 0. The van der Waals surface area contributed by atoms with Crippen LogP contribution in [0.5, 0.6) is 0 Å². The summed E-state index contributed by atoms with van der Waals surface area (Å²) >= 11 is 12.0.